The lowest BCUT2D eigenvalue weighted by atomic mass is 10.4. The molecule has 0 unspecified atom stereocenters. The predicted octanol–water partition coefficient (Wildman–Crippen LogP) is -0.579. The van der Waals surface area contributed by atoms with E-state index < -0.39 is 12.6 Å². The number of aromatic nitrogens is 4. The SMILES string of the molecule is O=C(O)COCc1nnc(-c2ccc(=O)[nH]n2)o1. The zero-order chi connectivity index (χ0) is 13.0. The maximum absolute atomic E-state index is 10.8. The number of carbonyl (C=O) groups is 1. The molecular weight excluding hydrogens is 244 g/mol. The molecule has 0 aliphatic rings. The Labute approximate surface area is 99.4 Å². The topological polar surface area (TPSA) is 131 Å². The van der Waals surface area contributed by atoms with Crippen LogP contribution in [-0.4, -0.2) is 38.1 Å². The van der Waals surface area contributed by atoms with Crippen LogP contribution in [0.2, 0.25) is 0 Å². The van der Waals surface area contributed by atoms with Gasteiger partial charge in [0.05, 0.1) is 0 Å². The molecule has 18 heavy (non-hydrogen) atoms. The summed E-state index contributed by atoms with van der Waals surface area (Å²) in [6.07, 6.45) is 0. The van der Waals surface area contributed by atoms with Crippen LogP contribution in [0.5, 0.6) is 0 Å². The number of carboxylic acids is 1. The maximum Gasteiger partial charge on any atom is 0.329 e. The summed E-state index contributed by atoms with van der Waals surface area (Å²) < 4.78 is 9.94. The van der Waals surface area contributed by atoms with Crippen LogP contribution in [0.4, 0.5) is 0 Å². The smallest absolute Gasteiger partial charge is 0.329 e. The van der Waals surface area contributed by atoms with Gasteiger partial charge in [-0.3, -0.25) is 4.79 Å². The molecule has 0 aromatic carbocycles. The number of H-pyrrole nitrogens is 1. The highest BCUT2D eigenvalue weighted by Gasteiger charge is 2.10. The third-order valence-electron chi connectivity index (χ3n) is 1.82. The fourth-order valence-electron chi connectivity index (χ4n) is 1.10. The largest absolute Gasteiger partial charge is 0.480 e. The van der Waals surface area contributed by atoms with Crippen LogP contribution in [0.15, 0.2) is 21.3 Å². The van der Waals surface area contributed by atoms with E-state index in [4.69, 9.17) is 14.3 Å². The van der Waals surface area contributed by atoms with E-state index in [1.165, 1.54) is 12.1 Å². The second-order valence-corrected chi connectivity index (χ2v) is 3.19. The number of ether oxygens (including phenoxy) is 1. The van der Waals surface area contributed by atoms with E-state index in [0.717, 1.165) is 0 Å². The van der Waals surface area contributed by atoms with Gasteiger partial charge in [0.2, 0.25) is 5.89 Å². The number of rotatable bonds is 5. The zero-order valence-corrected chi connectivity index (χ0v) is 8.99. The first kappa shape index (κ1) is 11.9. The van der Waals surface area contributed by atoms with Gasteiger partial charge in [0.25, 0.3) is 11.4 Å². The summed E-state index contributed by atoms with van der Waals surface area (Å²) in [6, 6.07) is 2.70. The van der Waals surface area contributed by atoms with Crippen molar-refractivity contribution in [1.82, 2.24) is 20.4 Å². The molecule has 94 valence electrons. The summed E-state index contributed by atoms with van der Waals surface area (Å²) >= 11 is 0. The van der Waals surface area contributed by atoms with Crippen molar-refractivity contribution in [2.45, 2.75) is 6.61 Å². The molecule has 0 spiro atoms. The molecular formula is C9H8N4O5. The van der Waals surface area contributed by atoms with E-state index in [9.17, 15) is 9.59 Å². The second kappa shape index (κ2) is 5.19. The Morgan fingerprint density at radius 3 is 2.94 bits per heavy atom. The number of nitrogens with zero attached hydrogens (tertiary/aromatic N) is 3. The number of hydrogen-bond donors (Lipinski definition) is 2. The molecule has 2 heterocycles. The molecule has 0 aliphatic carbocycles. The molecule has 9 heteroatoms. The van der Waals surface area contributed by atoms with Gasteiger partial charge in [-0.15, -0.1) is 10.2 Å². The Morgan fingerprint density at radius 2 is 2.28 bits per heavy atom. The average Bonchev–Trinajstić information content (AvgIpc) is 2.78. The summed E-state index contributed by atoms with van der Waals surface area (Å²) in [7, 11) is 0. The number of carboxylic acid groups (broad SMARTS) is 1. The minimum atomic E-state index is -1.09. The van der Waals surface area contributed by atoms with Crippen LogP contribution in [0, 0.1) is 0 Å². The summed E-state index contributed by atoms with van der Waals surface area (Å²) in [6.45, 7) is -0.558. The summed E-state index contributed by atoms with van der Waals surface area (Å²) in [5.41, 5.74) is -0.0325. The van der Waals surface area contributed by atoms with Crippen molar-refractivity contribution in [2.75, 3.05) is 6.61 Å². The number of aliphatic carboxylic acids is 1. The molecule has 2 aromatic heterocycles. The standard InChI is InChI=1S/C9H8N4O5/c14-6-2-1-5(10-11-6)9-13-12-7(18-9)3-17-4-8(15)16/h1-2H,3-4H2,(H,11,14)(H,15,16). The van der Waals surface area contributed by atoms with Crippen molar-refractivity contribution in [1.29, 1.82) is 0 Å². The van der Waals surface area contributed by atoms with E-state index in [0.29, 0.717) is 5.69 Å². The van der Waals surface area contributed by atoms with Gasteiger partial charge < -0.3 is 14.3 Å². The van der Waals surface area contributed by atoms with Crippen LogP contribution in [0.25, 0.3) is 11.6 Å². The molecule has 0 radical (unpaired) electrons. The van der Waals surface area contributed by atoms with Crippen molar-refractivity contribution in [3.05, 3.63) is 28.4 Å². The molecule has 0 saturated heterocycles. The van der Waals surface area contributed by atoms with Gasteiger partial charge in [0.15, 0.2) is 0 Å². The minimum Gasteiger partial charge on any atom is -0.480 e. The summed E-state index contributed by atoms with van der Waals surface area (Å²) in [5, 5.41) is 21.6. The van der Waals surface area contributed by atoms with Gasteiger partial charge in [0.1, 0.15) is 18.9 Å². The molecule has 0 amide bonds. The summed E-state index contributed by atoms with van der Waals surface area (Å²) in [5.74, 6) is -0.850. The minimum absolute atomic E-state index is 0.108. The first-order chi connectivity index (χ1) is 8.65. The molecule has 0 aliphatic heterocycles. The van der Waals surface area contributed by atoms with Crippen LogP contribution < -0.4 is 5.56 Å². The maximum atomic E-state index is 10.8. The molecule has 0 fully saturated rings. The normalized spacial score (nSPS) is 10.4. The van der Waals surface area contributed by atoms with Gasteiger partial charge in [0, 0.05) is 6.07 Å². The first-order valence-electron chi connectivity index (χ1n) is 4.83. The molecule has 2 aromatic rings. The first-order valence-corrected chi connectivity index (χ1v) is 4.83. The molecule has 0 bridgehead atoms. The highest BCUT2D eigenvalue weighted by atomic mass is 16.5. The fraction of sp³-hybridized carbons (Fsp3) is 0.222. The van der Waals surface area contributed by atoms with Crippen LogP contribution in [0.3, 0.4) is 0 Å². The van der Waals surface area contributed by atoms with Gasteiger partial charge in [-0.25, -0.2) is 9.89 Å². The number of aromatic amines is 1. The van der Waals surface area contributed by atoms with E-state index in [1.807, 2.05) is 0 Å². The summed E-state index contributed by atoms with van der Waals surface area (Å²) in [4.78, 5) is 21.0. The quantitative estimate of drug-likeness (QED) is 0.722. The Balaban J connectivity index is 2.03. The monoisotopic (exact) mass is 252 g/mol. The van der Waals surface area contributed by atoms with Crippen LogP contribution in [0.1, 0.15) is 5.89 Å². The lowest BCUT2D eigenvalue weighted by Gasteiger charge is -1.95. The van der Waals surface area contributed by atoms with Crippen molar-refractivity contribution in [3.63, 3.8) is 0 Å². The number of nitrogens with one attached hydrogen (secondary N) is 1. The number of hydrogen-bond acceptors (Lipinski definition) is 7. The van der Waals surface area contributed by atoms with E-state index in [1.54, 1.807) is 0 Å². The molecule has 9 nitrogen and oxygen atoms in total. The van der Waals surface area contributed by atoms with Gasteiger partial charge in [-0.1, -0.05) is 0 Å². The van der Waals surface area contributed by atoms with Crippen molar-refractivity contribution >= 4 is 5.97 Å². The van der Waals surface area contributed by atoms with E-state index in [2.05, 4.69) is 20.4 Å². The van der Waals surface area contributed by atoms with Crippen LogP contribution >= 0.6 is 0 Å². The zero-order valence-electron chi connectivity index (χ0n) is 8.99. The highest BCUT2D eigenvalue weighted by Crippen LogP contribution is 2.13. The third-order valence-corrected chi connectivity index (χ3v) is 1.82. The Kier molecular flexibility index (Phi) is 3.44. The molecule has 2 N–H and O–H groups in total. The average molecular weight is 252 g/mol. The lowest BCUT2D eigenvalue weighted by Crippen LogP contribution is -2.06. The lowest BCUT2D eigenvalue weighted by molar-refractivity contribution is -0.142. The predicted molar refractivity (Wildman–Crippen MR) is 55.4 cm³/mol. The van der Waals surface area contributed by atoms with E-state index in [-0.39, 0.29) is 23.9 Å². The van der Waals surface area contributed by atoms with Crippen molar-refractivity contribution in [2.24, 2.45) is 0 Å². The second-order valence-electron chi connectivity index (χ2n) is 3.19. The molecule has 0 saturated carbocycles. The van der Waals surface area contributed by atoms with E-state index >= 15 is 0 Å². The van der Waals surface area contributed by atoms with Crippen LogP contribution in [-0.2, 0) is 16.1 Å². The van der Waals surface area contributed by atoms with Crippen molar-refractivity contribution in [3.8, 4) is 11.6 Å². The molecule has 0 atom stereocenters. The Hall–Kier alpha value is -2.55. The highest BCUT2D eigenvalue weighted by molar-refractivity contribution is 5.67. The van der Waals surface area contributed by atoms with Crippen molar-refractivity contribution < 1.29 is 19.1 Å². The molecule has 2 rings (SSSR count). The Bertz CT molecular complexity index is 585. The Morgan fingerprint density at radius 1 is 1.44 bits per heavy atom. The van der Waals surface area contributed by atoms with Gasteiger partial charge in [-0.2, -0.15) is 5.10 Å². The fourth-order valence-corrected chi connectivity index (χ4v) is 1.10. The third kappa shape index (κ3) is 2.98. The van der Waals surface area contributed by atoms with Gasteiger partial charge >= 0.3 is 5.97 Å². The van der Waals surface area contributed by atoms with Gasteiger partial charge in [-0.05, 0) is 6.07 Å².